The van der Waals surface area contributed by atoms with E-state index in [4.69, 9.17) is 0 Å². The number of amides is 1. The van der Waals surface area contributed by atoms with Gasteiger partial charge in [0.15, 0.2) is 0 Å². The Morgan fingerprint density at radius 1 is 1.47 bits per heavy atom. The molecular weight excluding hydrogens is 244 g/mol. The molecule has 0 aromatic carbocycles. The third-order valence-corrected chi connectivity index (χ3v) is 4.69. The van der Waals surface area contributed by atoms with E-state index in [1.54, 1.807) is 4.90 Å². The van der Waals surface area contributed by atoms with Crippen LogP contribution in [0.4, 0.5) is 0 Å². The predicted molar refractivity (Wildman–Crippen MR) is 71.8 cm³/mol. The van der Waals surface area contributed by atoms with Gasteiger partial charge in [-0.1, -0.05) is 6.92 Å². The Morgan fingerprint density at radius 3 is 2.84 bits per heavy atom. The van der Waals surface area contributed by atoms with Crippen molar-refractivity contribution in [2.24, 2.45) is 11.3 Å². The summed E-state index contributed by atoms with van der Waals surface area (Å²) in [5, 5.41) is 12.7. The molecule has 19 heavy (non-hydrogen) atoms. The van der Waals surface area contributed by atoms with Crippen LogP contribution >= 0.6 is 0 Å². The molecular formula is C14H24N2O3. The average Bonchev–Trinajstić information content (AvgIpc) is 2.91. The van der Waals surface area contributed by atoms with Gasteiger partial charge in [-0.3, -0.25) is 9.59 Å². The van der Waals surface area contributed by atoms with Gasteiger partial charge in [0.25, 0.3) is 0 Å². The van der Waals surface area contributed by atoms with Crippen LogP contribution in [0.2, 0.25) is 0 Å². The van der Waals surface area contributed by atoms with Gasteiger partial charge in [-0.2, -0.15) is 0 Å². The third kappa shape index (κ3) is 3.08. The zero-order chi connectivity index (χ0) is 13.9. The van der Waals surface area contributed by atoms with Gasteiger partial charge in [0.2, 0.25) is 5.91 Å². The van der Waals surface area contributed by atoms with Crippen LogP contribution in [0.1, 0.15) is 39.0 Å². The van der Waals surface area contributed by atoms with Crippen molar-refractivity contribution in [2.75, 3.05) is 26.2 Å². The fourth-order valence-electron chi connectivity index (χ4n) is 3.22. The standard InChI is InChI=1S/C14H24N2O3/c1-2-14(13(18)19)5-3-7-16(10-14)12(17)8-11-4-6-15-9-11/h11,15H,2-10H2,1H3,(H,18,19). The first-order valence-corrected chi connectivity index (χ1v) is 7.29. The van der Waals surface area contributed by atoms with Gasteiger partial charge in [-0.15, -0.1) is 0 Å². The number of piperidine rings is 1. The summed E-state index contributed by atoms with van der Waals surface area (Å²) in [6.07, 6.45) is 3.70. The molecule has 0 spiro atoms. The molecule has 0 saturated carbocycles. The number of hydrogen-bond donors (Lipinski definition) is 2. The fraction of sp³-hybridized carbons (Fsp3) is 0.857. The van der Waals surface area contributed by atoms with Crippen LogP contribution in [0.15, 0.2) is 0 Å². The SMILES string of the molecule is CCC1(C(=O)O)CCCN(C(=O)CC2CCNC2)C1. The molecule has 2 fully saturated rings. The lowest BCUT2D eigenvalue weighted by Gasteiger charge is -2.39. The van der Waals surface area contributed by atoms with Gasteiger partial charge < -0.3 is 15.3 Å². The third-order valence-electron chi connectivity index (χ3n) is 4.69. The molecule has 0 aromatic rings. The summed E-state index contributed by atoms with van der Waals surface area (Å²) < 4.78 is 0. The van der Waals surface area contributed by atoms with Crippen molar-refractivity contribution in [2.45, 2.75) is 39.0 Å². The summed E-state index contributed by atoms with van der Waals surface area (Å²) >= 11 is 0. The summed E-state index contributed by atoms with van der Waals surface area (Å²) in [6.45, 7) is 4.91. The molecule has 2 rings (SSSR count). The Bertz CT molecular complexity index is 353. The largest absolute Gasteiger partial charge is 0.481 e. The normalized spacial score (nSPS) is 31.4. The minimum Gasteiger partial charge on any atom is -0.481 e. The number of carboxylic acids is 1. The molecule has 5 heteroatoms. The highest BCUT2D eigenvalue weighted by Crippen LogP contribution is 2.34. The maximum Gasteiger partial charge on any atom is 0.311 e. The minimum absolute atomic E-state index is 0.132. The van der Waals surface area contributed by atoms with E-state index in [0.717, 1.165) is 25.9 Å². The topological polar surface area (TPSA) is 69.6 Å². The average molecular weight is 268 g/mol. The van der Waals surface area contributed by atoms with Crippen LogP contribution in [0.25, 0.3) is 0 Å². The van der Waals surface area contributed by atoms with E-state index in [0.29, 0.717) is 38.3 Å². The van der Waals surface area contributed by atoms with Gasteiger partial charge in [-0.25, -0.2) is 0 Å². The van der Waals surface area contributed by atoms with Crippen LogP contribution in [-0.2, 0) is 9.59 Å². The number of likely N-dealkylation sites (tertiary alicyclic amines) is 1. The first kappa shape index (κ1) is 14.3. The second-order valence-corrected chi connectivity index (χ2v) is 5.92. The summed E-state index contributed by atoms with van der Waals surface area (Å²) in [5.74, 6) is -0.196. The molecule has 0 radical (unpaired) electrons. The van der Waals surface area contributed by atoms with E-state index in [-0.39, 0.29) is 5.91 Å². The summed E-state index contributed by atoms with van der Waals surface area (Å²) in [6, 6.07) is 0. The van der Waals surface area contributed by atoms with Crippen molar-refractivity contribution in [3.05, 3.63) is 0 Å². The number of carbonyl (C=O) groups excluding carboxylic acids is 1. The summed E-state index contributed by atoms with van der Waals surface area (Å²) in [5.41, 5.74) is -0.720. The van der Waals surface area contributed by atoms with Crippen molar-refractivity contribution in [1.29, 1.82) is 0 Å². The summed E-state index contributed by atoms with van der Waals surface area (Å²) in [7, 11) is 0. The van der Waals surface area contributed by atoms with E-state index in [1.807, 2.05) is 6.92 Å². The number of carbonyl (C=O) groups is 2. The molecule has 2 atom stereocenters. The Labute approximate surface area is 114 Å². The van der Waals surface area contributed by atoms with Crippen molar-refractivity contribution < 1.29 is 14.7 Å². The van der Waals surface area contributed by atoms with Crippen LogP contribution in [0.5, 0.6) is 0 Å². The molecule has 0 bridgehead atoms. The lowest BCUT2D eigenvalue weighted by Crippen LogP contribution is -2.50. The number of rotatable bonds is 4. The summed E-state index contributed by atoms with van der Waals surface area (Å²) in [4.78, 5) is 25.5. The molecule has 2 unspecified atom stereocenters. The molecule has 5 nitrogen and oxygen atoms in total. The zero-order valence-electron chi connectivity index (χ0n) is 11.7. The van der Waals surface area contributed by atoms with Gasteiger partial charge in [-0.05, 0) is 44.7 Å². The zero-order valence-corrected chi connectivity index (χ0v) is 11.7. The lowest BCUT2D eigenvalue weighted by molar-refractivity contribution is -0.155. The number of nitrogens with one attached hydrogen (secondary N) is 1. The monoisotopic (exact) mass is 268 g/mol. The van der Waals surface area contributed by atoms with Crippen molar-refractivity contribution in [3.63, 3.8) is 0 Å². The highest BCUT2D eigenvalue weighted by Gasteiger charge is 2.42. The highest BCUT2D eigenvalue weighted by molar-refractivity contribution is 5.80. The maximum absolute atomic E-state index is 12.3. The Balaban J connectivity index is 1.96. The molecule has 2 aliphatic heterocycles. The Hall–Kier alpha value is -1.10. The smallest absolute Gasteiger partial charge is 0.311 e. The van der Waals surface area contributed by atoms with Gasteiger partial charge in [0, 0.05) is 19.5 Å². The molecule has 2 aliphatic rings. The molecule has 0 aromatic heterocycles. The first-order valence-electron chi connectivity index (χ1n) is 7.29. The van der Waals surface area contributed by atoms with Crippen molar-refractivity contribution in [3.8, 4) is 0 Å². The number of aliphatic carboxylic acids is 1. The van der Waals surface area contributed by atoms with E-state index in [2.05, 4.69) is 5.32 Å². The van der Waals surface area contributed by atoms with E-state index < -0.39 is 11.4 Å². The quantitative estimate of drug-likeness (QED) is 0.801. The van der Waals surface area contributed by atoms with Gasteiger partial charge >= 0.3 is 5.97 Å². The minimum atomic E-state index is -0.755. The van der Waals surface area contributed by atoms with E-state index >= 15 is 0 Å². The Morgan fingerprint density at radius 2 is 2.26 bits per heavy atom. The predicted octanol–water partition coefficient (Wildman–Crippen LogP) is 1.09. The second kappa shape index (κ2) is 5.90. The number of carboxylic acid groups (broad SMARTS) is 1. The fourth-order valence-corrected chi connectivity index (χ4v) is 3.22. The molecule has 2 N–H and O–H groups in total. The lowest BCUT2D eigenvalue weighted by atomic mass is 9.77. The Kier molecular flexibility index (Phi) is 4.45. The number of nitrogens with zero attached hydrogens (tertiary/aromatic N) is 1. The second-order valence-electron chi connectivity index (χ2n) is 5.92. The molecule has 0 aliphatic carbocycles. The van der Waals surface area contributed by atoms with Crippen molar-refractivity contribution in [1.82, 2.24) is 10.2 Å². The highest BCUT2D eigenvalue weighted by atomic mass is 16.4. The first-order chi connectivity index (χ1) is 9.07. The van der Waals surface area contributed by atoms with Crippen LogP contribution in [0, 0.1) is 11.3 Å². The van der Waals surface area contributed by atoms with Gasteiger partial charge in [0.05, 0.1) is 5.41 Å². The molecule has 108 valence electrons. The van der Waals surface area contributed by atoms with Crippen LogP contribution in [0.3, 0.4) is 0 Å². The van der Waals surface area contributed by atoms with Crippen molar-refractivity contribution >= 4 is 11.9 Å². The van der Waals surface area contributed by atoms with Crippen LogP contribution in [-0.4, -0.2) is 48.1 Å². The van der Waals surface area contributed by atoms with E-state index in [9.17, 15) is 14.7 Å². The molecule has 1 amide bonds. The van der Waals surface area contributed by atoms with Gasteiger partial charge in [0.1, 0.15) is 0 Å². The number of hydrogen-bond acceptors (Lipinski definition) is 3. The molecule has 2 heterocycles. The molecule has 2 saturated heterocycles. The maximum atomic E-state index is 12.3. The van der Waals surface area contributed by atoms with Crippen LogP contribution < -0.4 is 5.32 Å². The van der Waals surface area contributed by atoms with E-state index in [1.165, 1.54) is 0 Å².